The minimum Gasteiger partial charge on any atom is -0.489 e. The maximum absolute atomic E-state index is 13.7. The van der Waals surface area contributed by atoms with E-state index in [1.807, 2.05) is 12.1 Å². The number of aromatic nitrogens is 3. The molecule has 0 saturated heterocycles. The van der Waals surface area contributed by atoms with Crippen molar-refractivity contribution in [1.29, 1.82) is 0 Å². The number of allylic oxidation sites excluding steroid dienone is 1. The summed E-state index contributed by atoms with van der Waals surface area (Å²) in [6, 6.07) is 13.2. The normalized spacial score (nSPS) is 15.5. The molecule has 2 heterocycles. The molecule has 1 aliphatic rings. The molecule has 1 unspecified atom stereocenters. The Bertz CT molecular complexity index is 1080. The summed E-state index contributed by atoms with van der Waals surface area (Å²) in [5.41, 5.74) is 2.40. The third-order valence-corrected chi connectivity index (χ3v) is 4.75. The highest BCUT2D eigenvalue weighted by molar-refractivity contribution is 5.92. The Morgan fingerprint density at radius 1 is 1.21 bits per heavy atom. The number of carbonyl (C=O) groups excluding carboxylic acids is 1. The van der Waals surface area contributed by atoms with Gasteiger partial charge in [0, 0.05) is 11.3 Å². The molecule has 0 bridgehead atoms. The molecule has 148 valence electrons. The van der Waals surface area contributed by atoms with Gasteiger partial charge in [-0.2, -0.15) is 10.1 Å². The molecular formula is C21H19FN4O3. The average molecular weight is 394 g/mol. The van der Waals surface area contributed by atoms with Crippen LogP contribution in [0.2, 0.25) is 0 Å². The monoisotopic (exact) mass is 394 g/mol. The van der Waals surface area contributed by atoms with E-state index in [4.69, 9.17) is 9.47 Å². The third-order valence-electron chi connectivity index (χ3n) is 4.75. The van der Waals surface area contributed by atoms with Gasteiger partial charge in [-0.3, -0.25) is 0 Å². The average Bonchev–Trinajstić information content (AvgIpc) is 3.20. The number of benzene rings is 2. The Morgan fingerprint density at radius 2 is 1.97 bits per heavy atom. The number of ether oxygens (including phenoxy) is 2. The summed E-state index contributed by atoms with van der Waals surface area (Å²) in [4.78, 5) is 16.6. The van der Waals surface area contributed by atoms with Crippen molar-refractivity contribution in [2.24, 2.45) is 0 Å². The van der Waals surface area contributed by atoms with Crippen LogP contribution >= 0.6 is 0 Å². The highest BCUT2D eigenvalue weighted by atomic mass is 19.1. The van der Waals surface area contributed by atoms with Gasteiger partial charge in [0.15, 0.2) is 0 Å². The van der Waals surface area contributed by atoms with Crippen molar-refractivity contribution in [3.8, 4) is 5.75 Å². The number of hydrogen-bond acceptors (Lipinski definition) is 6. The number of hydrogen-bond donors (Lipinski definition) is 1. The fourth-order valence-electron chi connectivity index (χ4n) is 3.30. The highest BCUT2D eigenvalue weighted by Crippen LogP contribution is 2.35. The molecule has 0 aliphatic carbocycles. The second-order valence-corrected chi connectivity index (χ2v) is 6.54. The molecule has 0 saturated carbocycles. The van der Waals surface area contributed by atoms with Crippen molar-refractivity contribution in [2.45, 2.75) is 19.6 Å². The van der Waals surface area contributed by atoms with Crippen LogP contribution in [0.25, 0.3) is 0 Å². The molecule has 0 amide bonds. The van der Waals surface area contributed by atoms with Crippen LogP contribution in [0.4, 0.5) is 10.3 Å². The maximum atomic E-state index is 13.7. The topological polar surface area (TPSA) is 78.3 Å². The first-order valence-electron chi connectivity index (χ1n) is 9.00. The highest BCUT2D eigenvalue weighted by Gasteiger charge is 2.33. The van der Waals surface area contributed by atoms with E-state index in [1.165, 1.54) is 19.5 Å². The van der Waals surface area contributed by atoms with Crippen LogP contribution < -0.4 is 10.1 Å². The van der Waals surface area contributed by atoms with Gasteiger partial charge in [-0.1, -0.05) is 30.3 Å². The zero-order valence-electron chi connectivity index (χ0n) is 15.9. The summed E-state index contributed by atoms with van der Waals surface area (Å²) < 4.78 is 26.0. The van der Waals surface area contributed by atoms with E-state index in [-0.39, 0.29) is 12.4 Å². The van der Waals surface area contributed by atoms with Crippen LogP contribution in [-0.2, 0) is 16.1 Å². The standard InChI is InChI=1S/C21H19FN4O3/c1-13-18(20(27)28-2)19(26-21(25-13)23-12-24-26)14-7-9-16(10-8-14)29-11-15-5-3-4-6-17(15)22/h3-10,12,19H,11H2,1-2H3,(H,23,24,25). The summed E-state index contributed by atoms with van der Waals surface area (Å²) in [7, 11) is 1.34. The lowest BCUT2D eigenvalue weighted by atomic mass is 9.96. The van der Waals surface area contributed by atoms with Crippen molar-refractivity contribution >= 4 is 11.9 Å². The lowest BCUT2D eigenvalue weighted by Gasteiger charge is -2.28. The van der Waals surface area contributed by atoms with Crippen LogP contribution in [0.5, 0.6) is 5.75 Å². The van der Waals surface area contributed by atoms with Gasteiger partial charge in [-0.05, 0) is 30.7 Å². The molecule has 8 heteroatoms. The van der Waals surface area contributed by atoms with Crippen LogP contribution in [-0.4, -0.2) is 27.8 Å². The molecule has 29 heavy (non-hydrogen) atoms. The predicted molar refractivity (Wildman–Crippen MR) is 104 cm³/mol. The zero-order valence-corrected chi connectivity index (χ0v) is 15.9. The summed E-state index contributed by atoms with van der Waals surface area (Å²) in [6.45, 7) is 1.92. The number of nitrogens with one attached hydrogen (secondary N) is 1. The van der Waals surface area contributed by atoms with Crippen LogP contribution in [0, 0.1) is 5.82 Å². The number of carbonyl (C=O) groups is 1. The van der Waals surface area contributed by atoms with Crippen LogP contribution in [0.15, 0.2) is 66.1 Å². The number of anilines is 1. The molecule has 7 nitrogen and oxygen atoms in total. The number of nitrogens with zero attached hydrogens (tertiary/aromatic N) is 3. The number of esters is 1. The van der Waals surface area contributed by atoms with E-state index in [0.717, 1.165) is 5.56 Å². The molecule has 1 aliphatic heterocycles. The molecule has 1 N–H and O–H groups in total. The van der Waals surface area contributed by atoms with Crippen molar-refractivity contribution in [2.75, 3.05) is 12.4 Å². The quantitative estimate of drug-likeness (QED) is 0.668. The lowest BCUT2D eigenvalue weighted by Crippen LogP contribution is -2.29. The van der Waals surface area contributed by atoms with Gasteiger partial charge in [0.25, 0.3) is 0 Å². The van der Waals surface area contributed by atoms with Gasteiger partial charge >= 0.3 is 5.97 Å². The van der Waals surface area contributed by atoms with E-state index < -0.39 is 12.0 Å². The molecule has 2 aromatic carbocycles. The Balaban J connectivity index is 1.60. The smallest absolute Gasteiger partial charge is 0.338 e. The van der Waals surface area contributed by atoms with E-state index in [9.17, 15) is 9.18 Å². The van der Waals surface area contributed by atoms with Gasteiger partial charge in [0.2, 0.25) is 5.95 Å². The molecule has 0 spiro atoms. The summed E-state index contributed by atoms with van der Waals surface area (Å²) >= 11 is 0. The van der Waals surface area contributed by atoms with Crippen molar-refractivity contribution in [3.63, 3.8) is 0 Å². The first-order valence-corrected chi connectivity index (χ1v) is 9.00. The second kappa shape index (κ2) is 7.75. The predicted octanol–water partition coefficient (Wildman–Crippen LogP) is 3.46. The van der Waals surface area contributed by atoms with Crippen LogP contribution in [0.1, 0.15) is 24.1 Å². The van der Waals surface area contributed by atoms with E-state index in [1.54, 1.807) is 41.9 Å². The summed E-state index contributed by atoms with van der Waals surface area (Å²) in [6.07, 6.45) is 1.43. The molecule has 0 fully saturated rings. The van der Waals surface area contributed by atoms with E-state index >= 15 is 0 Å². The van der Waals surface area contributed by atoms with Gasteiger partial charge in [-0.25, -0.2) is 13.9 Å². The van der Waals surface area contributed by atoms with Crippen LogP contribution in [0.3, 0.4) is 0 Å². The first-order chi connectivity index (χ1) is 14.1. The Labute approximate surface area is 166 Å². The van der Waals surface area contributed by atoms with Crippen molar-refractivity contribution in [3.05, 3.63) is 83.1 Å². The molecule has 3 aromatic rings. The van der Waals surface area contributed by atoms with E-state index in [2.05, 4.69) is 15.4 Å². The fraction of sp³-hybridized carbons (Fsp3) is 0.190. The number of rotatable bonds is 5. The molecule has 4 rings (SSSR count). The van der Waals surface area contributed by atoms with Gasteiger partial charge in [0.05, 0.1) is 12.7 Å². The van der Waals surface area contributed by atoms with Gasteiger partial charge in [-0.15, -0.1) is 0 Å². The fourth-order valence-corrected chi connectivity index (χ4v) is 3.30. The minimum absolute atomic E-state index is 0.124. The summed E-state index contributed by atoms with van der Waals surface area (Å²) in [5.74, 6) is 0.381. The van der Waals surface area contributed by atoms with Gasteiger partial charge in [0.1, 0.15) is 30.5 Å². The SMILES string of the molecule is COC(=O)C1=C(C)Nc2ncnn2C1c1ccc(OCc2ccccc2F)cc1. The lowest BCUT2D eigenvalue weighted by molar-refractivity contribution is -0.136. The zero-order chi connectivity index (χ0) is 20.4. The second-order valence-electron chi connectivity index (χ2n) is 6.54. The third kappa shape index (κ3) is 3.56. The minimum atomic E-state index is -0.484. The molecule has 1 aromatic heterocycles. The Kier molecular flexibility index (Phi) is 4.99. The number of methoxy groups -OCH3 is 1. The van der Waals surface area contributed by atoms with Gasteiger partial charge < -0.3 is 14.8 Å². The number of fused-ring (bicyclic) bond motifs is 1. The largest absolute Gasteiger partial charge is 0.489 e. The maximum Gasteiger partial charge on any atom is 0.338 e. The molecule has 0 radical (unpaired) electrons. The Morgan fingerprint density at radius 3 is 2.69 bits per heavy atom. The van der Waals surface area contributed by atoms with Crippen molar-refractivity contribution in [1.82, 2.24) is 14.8 Å². The summed E-state index contributed by atoms with van der Waals surface area (Å²) in [5, 5.41) is 7.32. The number of halogens is 1. The van der Waals surface area contributed by atoms with Crippen molar-refractivity contribution < 1.29 is 18.7 Å². The Hall–Kier alpha value is -3.68. The first kappa shape index (κ1) is 18.7. The molecular weight excluding hydrogens is 375 g/mol. The molecule has 1 atom stereocenters. The van der Waals surface area contributed by atoms with E-state index in [0.29, 0.717) is 28.5 Å².